The van der Waals surface area contributed by atoms with Gasteiger partial charge in [0, 0.05) is 43.7 Å². The first-order valence-electron chi connectivity index (χ1n) is 12.8. The number of benzene rings is 2. The van der Waals surface area contributed by atoms with Crippen molar-refractivity contribution in [3.8, 4) is 0 Å². The van der Waals surface area contributed by atoms with Crippen LogP contribution in [0.1, 0.15) is 40.9 Å². The largest absolute Gasteiger partial charge is 0.451 e. The molecule has 3 aliphatic rings. The Labute approximate surface area is 213 Å². The maximum Gasteiger partial charge on any atom is 0.313 e. The smallest absolute Gasteiger partial charge is 0.313 e. The van der Waals surface area contributed by atoms with Gasteiger partial charge >= 0.3 is 11.8 Å². The molecular formula is C28H28N4O5. The Bertz CT molecular complexity index is 1390. The van der Waals surface area contributed by atoms with Crippen molar-refractivity contribution in [2.45, 2.75) is 32.1 Å². The van der Waals surface area contributed by atoms with E-state index >= 15 is 0 Å². The fraction of sp³-hybridized carbons (Fsp3) is 0.357. The van der Waals surface area contributed by atoms with E-state index in [1.807, 2.05) is 41.3 Å². The first kappa shape index (κ1) is 23.3. The van der Waals surface area contributed by atoms with Gasteiger partial charge in [0.25, 0.3) is 5.91 Å². The van der Waals surface area contributed by atoms with Gasteiger partial charge in [0.1, 0.15) is 5.58 Å². The number of anilines is 2. The first-order chi connectivity index (χ1) is 18.0. The van der Waals surface area contributed by atoms with Crippen molar-refractivity contribution in [3.05, 3.63) is 59.4 Å². The van der Waals surface area contributed by atoms with E-state index in [-0.39, 0.29) is 17.7 Å². The minimum absolute atomic E-state index is 0.126. The van der Waals surface area contributed by atoms with Crippen LogP contribution in [0.4, 0.5) is 11.4 Å². The van der Waals surface area contributed by atoms with E-state index in [0.29, 0.717) is 56.1 Å². The Morgan fingerprint density at radius 1 is 0.919 bits per heavy atom. The van der Waals surface area contributed by atoms with Gasteiger partial charge in [0.2, 0.25) is 5.91 Å². The number of likely N-dealkylation sites (tertiary alicyclic amines) is 1. The highest BCUT2D eigenvalue weighted by atomic mass is 16.3. The number of rotatable bonds is 4. The lowest BCUT2D eigenvalue weighted by Crippen LogP contribution is -2.43. The second-order valence-corrected chi connectivity index (χ2v) is 9.99. The number of aryl methyl sites for hydroxylation is 1. The van der Waals surface area contributed by atoms with Gasteiger partial charge in [-0.25, -0.2) is 0 Å². The second kappa shape index (κ2) is 9.38. The predicted octanol–water partition coefficient (Wildman–Crippen LogP) is 2.88. The highest BCUT2D eigenvalue weighted by Crippen LogP contribution is 2.38. The molecule has 0 atom stereocenters. The summed E-state index contributed by atoms with van der Waals surface area (Å²) < 4.78 is 5.71. The molecule has 0 saturated carbocycles. The monoisotopic (exact) mass is 500 g/mol. The molecule has 190 valence electrons. The predicted molar refractivity (Wildman–Crippen MR) is 137 cm³/mol. The molecule has 0 bridgehead atoms. The van der Waals surface area contributed by atoms with Gasteiger partial charge in [0.15, 0.2) is 5.76 Å². The zero-order valence-corrected chi connectivity index (χ0v) is 20.4. The Kier molecular flexibility index (Phi) is 5.90. The van der Waals surface area contributed by atoms with Crippen molar-refractivity contribution < 1.29 is 23.6 Å². The summed E-state index contributed by atoms with van der Waals surface area (Å²) in [6.45, 7) is 2.19. The summed E-state index contributed by atoms with van der Waals surface area (Å²) in [6.07, 6.45) is 3.33. The Hall–Kier alpha value is -4.14. The zero-order valence-electron chi connectivity index (χ0n) is 20.4. The van der Waals surface area contributed by atoms with Crippen LogP contribution in [0.15, 0.2) is 46.9 Å². The average molecular weight is 501 g/mol. The molecule has 2 N–H and O–H groups in total. The lowest BCUT2D eigenvalue weighted by Gasteiger charge is -2.31. The van der Waals surface area contributed by atoms with Crippen LogP contribution in [0.25, 0.3) is 11.0 Å². The number of hydrogen-bond donors (Lipinski definition) is 2. The molecule has 0 unspecified atom stereocenters. The topological polar surface area (TPSA) is 112 Å². The van der Waals surface area contributed by atoms with Gasteiger partial charge in [-0.2, -0.15) is 0 Å². The van der Waals surface area contributed by atoms with Crippen LogP contribution in [0, 0.1) is 5.92 Å². The molecule has 4 amide bonds. The number of hydrogen-bond acceptors (Lipinski definition) is 5. The summed E-state index contributed by atoms with van der Waals surface area (Å²) in [5.74, 6) is -0.835. The standard InChI is InChI=1S/C28H28N4O5/c33-24-6-5-19-13-21(14-20-9-12-32(24)25(19)20)30-27(35)26(34)29-16-17-7-10-31(11-8-17)28(36)23-15-18-3-1-2-4-22(18)37-23/h1-4,13-15,17H,5-12,16H2,(H,29,34)(H,30,35). The number of para-hydroxylation sites is 1. The maximum absolute atomic E-state index is 12.8. The summed E-state index contributed by atoms with van der Waals surface area (Å²) >= 11 is 0. The number of amides is 4. The van der Waals surface area contributed by atoms with Crippen LogP contribution >= 0.6 is 0 Å². The van der Waals surface area contributed by atoms with Gasteiger partial charge in [-0.15, -0.1) is 0 Å². The normalized spacial score (nSPS) is 17.1. The molecule has 1 aromatic heterocycles. The van der Waals surface area contributed by atoms with Crippen molar-refractivity contribution in [2.75, 3.05) is 36.4 Å². The third kappa shape index (κ3) is 4.45. The zero-order chi connectivity index (χ0) is 25.5. The SMILES string of the molecule is O=C(NCC1CCN(C(=O)c2cc3ccccc3o2)CC1)C(=O)Nc1cc2c3c(c1)CCN3C(=O)CC2. The molecule has 1 fully saturated rings. The number of fused-ring (bicyclic) bond motifs is 1. The molecule has 0 spiro atoms. The van der Waals surface area contributed by atoms with E-state index in [1.165, 1.54) is 0 Å². The van der Waals surface area contributed by atoms with Crippen molar-refractivity contribution in [1.82, 2.24) is 10.2 Å². The second-order valence-electron chi connectivity index (χ2n) is 9.99. The first-order valence-corrected chi connectivity index (χ1v) is 12.8. The number of nitrogens with zero attached hydrogens (tertiary/aromatic N) is 2. The summed E-state index contributed by atoms with van der Waals surface area (Å²) in [5.41, 5.74) is 4.32. The lowest BCUT2D eigenvalue weighted by molar-refractivity contribution is -0.136. The fourth-order valence-electron chi connectivity index (χ4n) is 5.62. The number of nitrogens with one attached hydrogen (secondary N) is 2. The fourth-order valence-corrected chi connectivity index (χ4v) is 5.62. The van der Waals surface area contributed by atoms with Crippen molar-refractivity contribution in [3.63, 3.8) is 0 Å². The van der Waals surface area contributed by atoms with E-state index in [2.05, 4.69) is 10.6 Å². The molecule has 2 aromatic carbocycles. The number of furan rings is 1. The van der Waals surface area contributed by atoms with E-state index in [0.717, 1.165) is 41.5 Å². The van der Waals surface area contributed by atoms with Crippen LogP contribution in [-0.4, -0.2) is 54.7 Å². The molecular weight excluding hydrogens is 472 g/mol. The highest BCUT2D eigenvalue weighted by molar-refractivity contribution is 6.39. The van der Waals surface area contributed by atoms with E-state index in [1.54, 1.807) is 11.0 Å². The van der Waals surface area contributed by atoms with E-state index < -0.39 is 11.8 Å². The highest BCUT2D eigenvalue weighted by Gasteiger charge is 2.32. The van der Waals surface area contributed by atoms with Crippen molar-refractivity contribution in [2.24, 2.45) is 5.92 Å². The lowest BCUT2D eigenvalue weighted by atomic mass is 9.96. The van der Waals surface area contributed by atoms with Crippen molar-refractivity contribution in [1.29, 1.82) is 0 Å². The molecule has 3 aliphatic heterocycles. The molecule has 9 nitrogen and oxygen atoms in total. The van der Waals surface area contributed by atoms with Crippen LogP contribution in [0.3, 0.4) is 0 Å². The molecule has 6 rings (SSSR count). The van der Waals surface area contributed by atoms with Crippen LogP contribution in [0.2, 0.25) is 0 Å². The minimum Gasteiger partial charge on any atom is -0.451 e. The Morgan fingerprint density at radius 2 is 1.68 bits per heavy atom. The Morgan fingerprint density at radius 3 is 2.46 bits per heavy atom. The molecule has 1 saturated heterocycles. The van der Waals surface area contributed by atoms with Crippen LogP contribution in [-0.2, 0) is 27.2 Å². The van der Waals surface area contributed by atoms with Gasteiger partial charge in [-0.3, -0.25) is 19.2 Å². The molecule has 0 aliphatic carbocycles. The molecule has 9 heteroatoms. The molecule has 0 radical (unpaired) electrons. The number of carbonyl (C=O) groups is 4. The van der Waals surface area contributed by atoms with Gasteiger partial charge in [-0.05, 0) is 67.0 Å². The molecule has 37 heavy (non-hydrogen) atoms. The molecule has 3 aromatic rings. The summed E-state index contributed by atoms with van der Waals surface area (Å²) in [5, 5.41) is 6.36. The number of piperidine rings is 1. The third-order valence-corrected chi connectivity index (χ3v) is 7.61. The quantitative estimate of drug-likeness (QED) is 0.535. The summed E-state index contributed by atoms with van der Waals surface area (Å²) in [6, 6.07) is 13.0. The van der Waals surface area contributed by atoms with E-state index in [9.17, 15) is 19.2 Å². The van der Waals surface area contributed by atoms with Crippen LogP contribution < -0.4 is 15.5 Å². The number of carbonyl (C=O) groups excluding carboxylic acids is 4. The van der Waals surface area contributed by atoms with Gasteiger partial charge < -0.3 is 24.9 Å². The summed E-state index contributed by atoms with van der Waals surface area (Å²) in [4.78, 5) is 53.6. The van der Waals surface area contributed by atoms with Crippen LogP contribution in [0.5, 0.6) is 0 Å². The molecule has 4 heterocycles. The van der Waals surface area contributed by atoms with E-state index in [4.69, 9.17) is 4.42 Å². The average Bonchev–Trinajstić information content (AvgIpc) is 3.55. The van der Waals surface area contributed by atoms with Crippen molar-refractivity contribution >= 4 is 46.0 Å². The minimum atomic E-state index is -0.702. The van der Waals surface area contributed by atoms with Gasteiger partial charge in [0.05, 0.1) is 5.69 Å². The summed E-state index contributed by atoms with van der Waals surface area (Å²) in [7, 11) is 0. The maximum atomic E-state index is 12.8. The third-order valence-electron chi connectivity index (χ3n) is 7.61. The Balaban J connectivity index is 0.993. The van der Waals surface area contributed by atoms with Gasteiger partial charge in [-0.1, -0.05) is 18.2 Å².